The fraction of sp³-hybridized carbons (Fsp3) is 0.364. The molecule has 1 saturated carbocycles. The van der Waals surface area contributed by atoms with Gasteiger partial charge in [-0.15, -0.1) is 0 Å². The lowest BCUT2D eigenvalue weighted by molar-refractivity contribution is -0.145. The molecule has 3 nitrogen and oxygen atoms in total. The topological polar surface area (TPSA) is 49.3 Å². The SMILES string of the molecule is O=C(O)C1(Nc2c(F)c(F)c(F)c(F)c2F)CCC1. The molecule has 0 atom stereocenters. The third kappa shape index (κ3) is 1.91. The molecule has 0 bridgehead atoms. The smallest absolute Gasteiger partial charge is 0.329 e. The van der Waals surface area contributed by atoms with Gasteiger partial charge in [0.15, 0.2) is 23.3 Å². The van der Waals surface area contributed by atoms with Crippen molar-refractivity contribution >= 4 is 11.7 Å². The molecule has 19 heavy (non-hydrogen) atoms. The number of carboxylic acid groups (broad SMARTS) is 1. The highest BCUT2D eigenvalue weighted by Gasteiger charge is 2.46. The van der Waals surface area contributed by atoms with Gasteiger partial charge in [0.05, 0.1) is 0 Å². The molecule has 1 aromatic rings. The number of anilines is 1. The minimum atomic E-state index is -2.28. The van der Waals surface area contributed by atoms with Crippen LogP contribution in [0.1, 0.15) is 19.3 Å². The lowest BCUT2D eigenvalue weighted by Crippen LogP contribution is -2.52. The molecule has 0 saturated heterocycles. The van der Waals surface area contributed by atoms with Crippen LogP contribution in [0.2, 0.25) is 0 Å². The van der Waals surface area contributed by atoms with E-state index in [0.717, 1.165) is 0 Å². The van der Waals surface area contributed by atoms with E-state index in [-0.39, 0.29) is 12.8 Å². The Morgan fingerprint density at radius 3 is 1.68 bits per heavy atom. The van der Waals surface area contributed by atoms with Crippen LogP contribution in [0.5, 0.6) is 0 Å². The molecule has 104 valence electrons. The second-order valence-corrected chi connectivity index (χ2v) is 4.31. The standard InChI is InChI=1S/C11H8F5NO2/c12-4-5(13)7(15)9(8(16)6(4)14)17-11(10(18)19)2-1-3-11/h17H,1-3H2,(H,18,19). The van der Waals surface area contributed by atoms with Crippen LogP contribution in [0.3, 0.4) is 0 Å². The maximum Gasteiger partial charge on any atom is 0.329 e. The van der Waals surface area contributed by atoms with Crippen molar-refractivity contribution in [3.8, 4) is 0 Å². The normalized spacial score (nSPS) is 16.9. The third-order valence-corrected chi connectivity index (χ3v) is 3.19. The van der Waals surface area contributed by atoms with Crippen LogP contribution in [-0.4, -0.2) is 16.6 Å². The first kappa shape index (κ1) is 13.6. The van der Waals surface area contributed by atoms with Crippen molar-refractivity contribution in [1.29, 1.82) is 0 Å². The van der Waals surface area contributed by atoms with Crippen molar-refractivity contribution in [3.63, 3.8) is 0 Å². The minimum absolute atomic E-state index is 0.0435. The van der Waals surface area contributed by atoms with Gasteiger partial charge in [-0.1, -0.05) is 0 Å². The minimum Gasteiger partial charge on any atom is -0.480 e. The molecule has 2 rings (SSSR count). The zero-order valence-electron chi connectivity index (χ0n) is 9.37. The molecule has 2 N–H and O–H groups in total. The Balaban J connectivity index is 2.49. The second kappa shape index (κ2) is 4.36. The Hall–Kier alpha value is -1.86. The maximum absolute atomic E-state index is 13.4. The zero-order valence-corrected chi connectivity index (χ0v) is 9.37. The van der Waals surface area contributed by atoms with Crippen molar-refractivity contribution in [2.24, 2.45) is 0 Å². The molecule has 0 aliphatic heterocycles. The summed E-state index contributed by atoms with van der Waals surface area (Å²) in [4.78, 5) is 11.0. The van der Waals surface area contributed by atoms with Gasteiger partial charge in [-0.2, -0.15) is 0 Å². The summed E-state index contributed by atoms with van der Waals surface area (Å²) in [6.45, 7) is 0. The lowest BCUT2D eigenvalue weighted by atomic mass is 9.76. The first-order valence-electron chi connectivity index (χ1n) is 5.33. The van der Waals surface area contributed by atoms with Crippen molar-refractivity contribution in [2.75, 3.05) is 5.32 Å². The summed E-state index contributed by atoms with van der Waals surface area (Å²) in [7, 11) is 0. The molecule has 0 spiro atoms. The molecule has 1 fully saturated rings. The molecule has 1 aromatic carbocycles. The number of carbonyl (C=O) groups is 1. The van der Waals surface area contributed by atoms with E-state index in [1.54, 1.807) is 0 Å². The number of nitrogens with one attached hydrogen (secondary N) is 1. The largest absolute Gasteiger partial charge is 0.480 e. The van der Waals surface area contributed by atoms with Crippen molar-refractivity contribution in [3.05, 3.63) is 29.1 Å². The first-order chi connectivity index (χ1) is 8.80. The van der Waals surface area contributed by atoms with E-state index in [9.17, 15) is 26.7 Å². The number of aliphatic carboxylic acids is 1. The summed E-state index contributed by atoms with van der Waals surface area (Å²) in [6, 6.07) is 0. The van der Waals surface area contributed by atoms with E-state index >= 15 is 0 Å². The summed E-state index contributed by atoms with van der Waals surface area (Å²) < 4.78 is 65.5. The van der Waals surface area contributed by atoms with Gasteiger partial charge in [0.25, 0.3) is 0 Å². The van der Waals surface area contributed by atoms with Gasteiger partial charge in [-0.3, -0.25) is 0 Å². The zero-order chi connectivity index (χ0) is 14.4. The maximum atomic E-state index is 13.4. The highest BCUT2D eigenvalue weighted by molar-refractivity contribution is 5.84. The summed E-state index contributed by atoms with van der Waals surface area (Å²) in [6.07, 6.45) is 0.568. The van der Waals surface area contributed by atoms with E-state index in [4.69, 9.17) is 5.11 Å². The summed E-state index contributed by atoms with van der Waals surface area (Å²) in [5.74, 6) is -12.0. The number of hydrogen-bond donors (Lipinski definition) is 2. The molecule has 0 radical (unpaired) electrons. The predicted molar refractivity (Wildman–Crippen MR) is 54.1 cm³/mol. The fourth-order valence-corrected chi connectivity index (χ4v) is 1.88. The van der Waals surface area contributed by atoms with Crippen LogP contribution < -0.4 is 5.32 Å². The third-order valence-electron chi connectivity index (χ3n) is 3.19. The van der Waals surface area contributed by atoms with Crippen molar-refractivity contribution in [1.82, 2.24) is 0 Å². The number of halogens is 5. The van der Waals surface area contributed by atoms with Gasteiger partial charge in [0, 0.05) is 0 Å². The molecule has 1 aliphatic rings. The summed E-state index contributed by atoms with van der Waals surface area (Å²) in [5, 5.41) is 10.9. The Morgan fingerprint density at radius 2 is 1.37 bits per heavy atom. The quantitative estimate of drug-likeness (QED) is 0.509. The monoisotopic (exact) mass is 281 g/mol. The Bertz CT molecular complexity index is 528. The second-order valence-electron chi connectivity index (χ2n) is 4.31. The van der Waals surface area contributed by atoms with E-state index in [0.29, 0.717) is 6.42 Å². The average Bonchev–Trinajstić information content (AvgIpc) is 2.32. The predicted octanol–water partition coefficient (Wildman–Crippen LogP) is 2.80. The molecule has 0 unspecified atom stereocenters. The lowest BCUT2D eigenvalue weighted by Gasteiger charge is -2.39. The molecular formula is C11H8F5NO2. The van der Waals surface area contributed by atoms with E-state index in [2.05, 4.69) is 0 Å². The summed E-state index contributed by atoms with van der Waals surface area (Å²) in [5.41, 5.74) is -2.99. The van der Waals surface area contributed by atoms with E-state index < -0.39 is 46.3 Å². The van der Waals surface area contributed by atoms with Crippen molar-refractivity contribution in [2.45, 2.75) is 24.8 Å². The molecule has 0 aromatic heterocycles. The number of benzene rings is 1. The Labute approximate surface area is 104 Å². The van der Waals surface area contributed by atoms with Gasteiger partial charge in [0.1, 0.15) is 11.2 Å². The van der Waals surface area contributed by atoms with Gasteiger partial charge in [0.2, 0.25) is 5.82 Å². The van der Waals surface area contributed by atoms with Gasteiger partial charge in [-0.05, 0) is 19.3 Å². The van der Waals surface area contributed by atoms with Gasteiger partial charge < -0.3 is 10.4 Å². The number of rotatable bonds is 3. The molecule has 0 heterocycles. The summed E-state index contributed by atoms with van der Waals surface area (Å²) >= 11 is 0. The molecular weight excluding hydrogens is 273 g/mol. The molecule has 8 heteroatoms. The molecule has 0 amide bonds. The fourth-order valence-electron chi connectivity index (χ4n) is 1.88. The number of carboxylic acids is 1. The average molecular weight is 281 g/mol. The highest BCUT2D eigenvalue weighted by Crippen LogP contribution is 2.38. The van der Waals surface area contributed by atoms with Crippen LogP contribution in [0, 0.1) is 29.1 Å². The Morgan fingerprint density at radius 1 is 0.947 bits per heavy atom. The van der Waals surface area contributed by atoms with Crippen molar-refractivity contribution < 1.29 is 31.9 Å². The van der Waals surface area contributed by atoms with Crippen LogP contribution >= 0.6 is 0 Å². The van der Waals surface area contributed by atoms with Gasteiger partial charge in [-0.25, -0.2) is 26.7 Å². The number of hydrogen-bond acceptors (Lipinski definition) is 2. The van der Waals surface area contributed by atoms with E-state index in [1.807, 2.05) is 5.32 Å². The van der Waals surface area contributed by atoms with Gasteiger partial charge >= 0.3 is 5.97 Å². The first-order valence-corrected chi connectivity index (χ1v) is 5.33. The van der Waals surface area contributed by atoms with E-state index in [1.165, 1.54) is 0 Å². The van der Waals surface area contributed by atoms with Crippen LogP contribution in [0.15, 0.2) is 0 Å². The highest BCUT2D eigenvalue weighted by atomic mass is 19.2. The van der Waals surface area contributed by atoms with Crippen LogP contribution in [0.25, 0.3) is 0 Å². The van der Waals surface area contributed by atoms with Crippen LogP contribution in [-0.2, 0) is 4.79 Å². The Kier molecular flexibility index (Phi) is 3.11. The van der Waals surface area contributed by atoms with Crippen LogP contribution in [0.4, 0.5) is 27.6 Å². The molecule has 1 aliphatic carbocycles.